The van der Waals surface area contributed by atoms with Crippen molar-refractivity contribution in [1.29, 1.82) is 0 Å². The van der Waals surface area contributed by atoms with Crippen LogP contribution in [0.5, 0.6) is 11.5 Å². The molecule has 0 aromatic heterocycles. The SMILES string of the molecule is CC(N)Cc1ccc(Cl)c2c1OCCCO2. The van der Waals surface area contributed by atoms with E-state index in [1.54, 1.807) is 0 Å². The van der Waals surface area contributed by atoms with E-state index in [2.05, 4.69) is 0 Å². The van der Waals surface area contributed by atoms with Crippen LogP contribution in [0.25, 0.3) is 0 Å². The van der Waals surface area contributed by atoms with Gasteiger partial charge in [0.15, 0.2) is 11.5 Å². The van der Waals surface area contributed by atoms with E-state index in [-0.39, 0.29) is 6.04 Å². The first-order valence-corrected chi connectivity index (χ1v) is 5.89. The van der Waals surface area contributed by atoms with Crippen molar-refractivity contribution in [3.63, 3.8) is 0 Å². The van der Waals surface area contributed by atoms with Crippen LogP contribution in [-0.4, -0.2) is 19.3 Å². The van der Waals surface area contributed by atoms with Gasteiger partial charge in [0.1, 0.15) is 0 Å². The Balaban J connectivity index is 2.39. The number of benzene rings is 1. The monoisotopic (exact) mass is 241 g/mol. The Hall–Kier alpha value is -0.930. The van der Waals surface area contributed by atoms with E-state index >= 15 is 0 Å². The zero-order chi connectivity index (χ0) is 11.5. The van der Waals surface area contributed by atoms with Crippen LogP contribution in [0.3, 0.4) is 0 Å². The van der Waals surface area contributed by atoms with Gasteiger partial charge in [-0.2, -0.15) is 0 Å². The molecule has 1 aromatic rings. The molecule has 0 fully saturated rings. The van der Waals surface area contributed by atoms with Gasteiger partial charge < -0.3 is 15.2 Å². The molecule has 0 bridgehead atoms. The van der Waals surface area contributed by atoms with Gasteiger partial charge in [-0.1, -0.05) is 17.7 Å². The summed E-state index contributed by atoms with van der Waals surface area (Å²) < 4.78 is 11.3. The van der Waals surface area contributed by atoms with Gasteiger partial charge in [0.2, 0.25) is 0 Å². The summed E-state index contributed by atoms with van der Waals surface area (Å²) >= 11 is 6.09. The van der Waals surface area contributed by atoms with Crippen molar-refractivity contribution < 1.29 is 9.47 Å². The van der Waals surface area contributed by atoms with Crippen molar-refractivity contribution in [2.75, 3.05) is 13.2 Å². The lowest BCUT2D eigenvalue weighted by Crippen LogP contribution is -2.18. The third-order valence-electron chi connectivity index (χ3n) is 2.47. The number of halogens is 1. The third-order valence-corrected chi connectivity index (χ3v) is 2.77. The van der Waals surface area contributed by atoms with E-state index in [1.807, 2.05) is 19.1 Å². The highest BCUT2D eigenvalue weighted by atomic mass is 35.5. The third kappa shape index (κ3) is 2.42. The molecular weight excluding hydrogens is 226 g/mol. The highest BCUT2D eigenvalue weighted by molar-refractivity contribution is 6.32. The van der Waals surface area contributed by atoms with Gasteiger partial charge in [-0.05, 0) is 25.0 Å². The molecule has 1 aliphatic heterocycles. The van der Waals surface area contributed by atoms with Gasteiger partial charge >= 0.3 is 0 Å². The predicted molar refractivity (Wildman–Crippen MR) is 64.4 cm³/mol. The molecule has 2 rings (SSSR count). The second-order valence-electron chi connectivity index (χ2n) is 4.10. The van der Waals surface area contributed by atoms with Crippen LogP contribution in [0, 0.1) is 0 Å². The second-order valence-corrected chi connectivity index (χ2v) is 4.50. The summed E-state index contributed by atoms with van der Waals surface area (Å²) in [7, 11) is 0. The molecule has 0 radical (unpaired) electrons. The molecule has 1 heterocycles. The van der Waals surface area contributed by atoms with Crippen molar-refractivity contribution in [3.8, 4) is 11.5 Å². The molecule has 16 heavy (non-hydrogen) atoms. The summed E-state index contributed by atoms with van der Waals surface area (Å²) in [6.07, 6.45) is 1.64. The van der Waals surface area contributed by atoms with Crippen LogP contribution in [0.1, 0.15) is 18.9 Å². The molecule has 0 aliphatic carbocycles. The fraction of sp³-hybridized carbons (Fsp3) is 0.500. The lowest BCUT2D eigenvalue weighted by Gasteiger charge is -2.15. The Morgan fingerprint density at radius 2 is 2.00 bits per heavy atom. The van der Waals surface area contributed by atoms with Crippen molar-refractivity contribution in [1.82, 2.24) is 0 Å². The normalized spacial score (nSPS) is 16.7. The molecular formula is C12H16ClNO2. The molecule has 0 saturated carbocycles. The van der Waals surface area contributed by atoms with Gasteiger partial charge in [-0.15, -0.1) is 0 Å². The maximum atomic E-state index is 6.09. The van der Waals surface area contributed by atoms with E-state index in [4.69, 9.17) is 26.8 Å². The Morgan fingerprint density at radius 3 is 2.69 bits per heavy atom. The highest BCUT2D eigenvalue weighted by Crippen LogP contribution is 2.39. The summed E-state index contributed by atoms with van der Waals surface area (Å²) in [5.74, 6) is 1.43. The summed E-state index contributed by atoms with van der Waals surface area (Å²) in [4.78, 5) is 0. The Kier molecular flexibility index (Phi) is 3.56. The number of ether oxygens (including phenoxy) is 2. The molecule has 3 nitrogen and oxygen atoms in total. The lowest BCUT2D eigenvalue weighted by atomic mass is 10.1. The van der Waals surface area contributed by atoms with E-state index in [0.29, 0.717) is 24.0 Å². The predicted octanol–water partition coefficient (Wildman–Crippen LogP) is 2.39. The van der Waals surface area contributed by atoms with Gasteiger partial charge in [0.25, 0.3) is 0 Å². The summed E-state index contributed by atoms with van der Waals surface area (Å²) in [6, 6.07) is 3.89. The Bertz CT molecular complexity index is 380. The maximum Gasteiger partial charge on any atom is 0.180 e. The number of rotatable bonds is 2. The van der Waals surface area contributed by atoms with E-state index in [1.165, 1.54) is 0 Å². The minimum atomic E-state index is 0.0946. The number of nitrogens with two attached hydrogens (primary N) is 1. The molecule has 1 atom stereocenters. The van der Waals surface area contributed by atoms with Crippen LogP contribution in [0.15, 0.2) is 12.1 Å². The molecule has 88 valence electrons. The van der Waals surface area contributed by atoms with E-state index < -0.39 is 0 Å². The van der Waals surface area contributed by atoms with Crippen molar-refractivity contribution in [2.45, 2.75) is 25.8 Å². The van der Waals surface area contributed by atoms with E-state index in [0.717, 1.165) is 24.2 Å². The first-order chi connectivity index (χ1) is 7.68. The number of fused-ring (bicyclic) bond motifs is 1. The Morgan fingerprint density at radius 1 is 1.31 bits per heavy atom. The summed E-state index contributed by atoms with van der Waals surface area (Å²) in [5, 5.41) is 0.602. The fourth-order valence-electron chi connectivity index (χ4n) is 1.79. The topological polar surface area (TPSA) is 44.5 Å². The molecule has 4 heteroatoms. The van der Waals surface area contributed by atoms with E-state index in [9.17, 15) is 0 Å². The largest absolute Gasteiger partial charge is 0.489 e. The van der Waals surface area contributed by atoms with Crippen molar-refractivity contribution >= 4 is 11.6 Å². The number of hydrogen-bond acceptors (Lipinski definition) is 3. The van der Waals surface area contributed by atoms with Gasteiger partial charge in [-0.3, -0.25) is 0 Å². The molecule has 1 aliphatic rings. The zero-order valence-corrected chi connectivity index (χ0v) is 10.1. The van der Waals surface area contributed by atoms with Crippen LogP contribution in [-0.2, 0) is 6.42 Å². The maximum absolute atomic E-state index is 6.09. The smallest absolute Gasteiger partial charge is 0.180 e. The van der Waals surface area contributed by atoms with Gasteiger partial charge in [-0.25, -0.2) is 0 Å². The lowest BCUT2D eigenvalue weighted by molar-refractivity contribution is 0.296. The zero-order valence-electron chi connectivity index (χ0n) is 9.33. The van der Waals surface area contributed by atoms with Crippen LogP contribution in [0.2, 0.25) is 5.02 Å². The fourth-order valence-corrected chi connectivity index (χ4v) is 1.99. The molecule has 0 amide bonds. The molecule has 0 spiro atoms. The van der Waals surface area contributed by atoms with Crippen molar-refractivity contribution in [3.05, 3.63) is 22.7 Å². The standard InChI is InChI=1S/C12H16ClNO2/c1-8(14)7-9-3-4-10(13)12-11(9)15-5-2-6-16-12/h3-4,8H,2,5-7,14H2,1H3. The Labute approximate surface area is 100 Å². The molecule has 2 N–H and O–H groups in total. The minimum absolute atomic E-state index is 0.0946. The molecule has 1 aromatic carbocycles. The van der Waals surface area contributed by atoms with Crippen LogP contribution in [0.4, 0.5) is 0 Å². The summed E-state index contributed by atoms with van der Waals surface area (Å²) in [5.41, 5.74) is 6.87. The highest BCUT2D eigenvalue weighted by Gasteiger charge is 2.18. The van der Waals surface area contributed by atoms with Gasteiger partial charge in [0.05, 0.1) is 18.2 Å². The van der Waals surface area contributed by atoms with Crippen LogP contribution >= 0.6 is 11.6 Å². The molecule has 0 saturated heterocycles. The molecule has 1 unspecified atom stereocenters. The van der Waals surface area contributed by atoms with Crippen molar-refractivity contribution in [2.24, 2.45) is 5.73 Å². The average Bonchev–Trinajstić information content (AvgIpc) is 2.47. The van der Waals surface area contributed by atoms with Crippen LogP contribution < -0.4 is 15.2 Å². The quantitative estimate of drug-likeness (QED) is 0.865. The average molecular weight is 242 g/mol. The first kappa shape index (κ1) is 11.6. The summed E-state index contributed by atoms with van der Waals surface area (Å²) in [6.45, 7) is 3.28. The number of hydrogen-bond donors (Lipinski definition) is 1. The second kappa shape index (κ2) is 4.93. The minimum Gasteiger partial charge on any atom is -0.489 e. The first-order valence-electron chi connectivity index (χ1n) is 5.51. The van der Waals surface area contributed by atoms with Gasteiger partial charge in [0, 0.05) is 12.5 Å².